The van der Waals surface area contributed by atoms with Crippen molar-refractivity contribution in [1.29, 1.82) is 0 Å². The third kappa shape index (κ3) is 1.77. The van der Waals surface area contributed by atoms with Gasteiger partial charge >= 0.3 is 0 Å². The van der Waals surface area contributed by atoms with Crippen molar-refractivity contribution in [1.82, 2.24) is 0 Å². The van der Waals surface area contributed by atoms with Crippen LogP contribution >= 0.6 is 0 Å². The van der Waals surface area contributed by atoms with Gasteiger partial charge in [0.25, 0.3) is 0 Å². The lowest BCUT2D eigenvalue weighted by Gasteiger charge is -2.50. The first-order chi connectivity index (χ1) is 10.4. The predicted molar refractivity (Wildman–Crippen MR) is 81.7 cm³/mol. The molecule has 1 unspecified atom stereocenters. The molecule has 22 heavy (non-hydrogen) atoms. The molecule has 0 radical (unpaired) electrons. The van der Waals surface area contributed by atoms with Crippen molar-refractivity contribution in [2.45, 2.75) is 57.2 Å². The molecule has 0 aromatic heterocycles. The number of aliphatic hydroxyl groups is 2. The molecular weight excluding hydrogens is 280 g/mol. The average molecular weight is 304 g/mol. The van der Waals surface area contributed by atoms with Crippen molar-refractivity contribution < 1.29 is 20.4 Å². The van der Waals surface area contributed by atoms with Gasteiger partial charge in [0.15, 0.2) is 0 Å². The second-order valence-corrected chi connectivity index (χ2v) is 7.73. The maximum atomic E-state index is 10.5. The Hall–Kier alpha value is -1.26. The van der Waals surface area contributed by atoms with Gasteiger partial charge in [-0.3, -0.25) is 0 Å². The van der Waals surface area contributed by atoms with E-state index in [2.05, 4.69) is 6.92 Å². The minimum atomic E-state index is -0.644. The Morgan fingerprint density at radius 3 is 2.64 bits per heavy atom. The summed E-state index contributed by atoms with van der Waals surface area (Å²) in [5.74, 6) is 1.03. The molecular formula is C18H24O4. The van der Waals surface area contributed by atoms with Gasteiger partial charge in [-0.05, 0) is 66.9 Å². The highest BCUT2D eigenvalue weighted by Gasteiger charge is 2.55. The largest absolute Gasteiger partial charge is 0.508 e. The number of hydrogen-bond acceptors (Lipinski definition) is 4. The zero-order chi connectivity index (χ0) is 15.6. The van der Waals surface area contributed by atoms with E-state index in [1.807, 2.05) is 0 Å². The van der Waals surface area contributed by atoms with E-state index < -0.39 is 6.10 Å². The van der Waals surface area contributed by atoms with Gasteiger partial charge in [0.05, 0.1) is 12.2 Å². The zero-order valence-corrected chi connectivity index (χ0v) is 12.9. The lowest BCUT2D eigenvalue weighted by molar-refractivity contribution is -0.0376. The summed E-state index contributed by atoms with van der Waals surface area (Å²) < 4.78 is 0. The summed E-state index contributed by atoms with van der Waals surface area (Å²) in [6.45, 7) is 2.18. The van der Waals surface area contributed by atoms with Gasteiger partial charge in [-0.25, -0.2) is 0 Å². The smallest absolute Gasteiger partial charge is 0.123 e. The Balaban J connectivity index is 1.79. The number of rotatable bonds is 0. The lowest BCUT2D eigenvalue weighted by Crippen LogP contribution is -2.44. The van der Waals surface area contributed by atoms with Crippen LogP contribution < -0.4 is 0 Å². The maximum Gasteiger partial charge on any atom is 0.123 e. The molecule has 6 atom stereocenters. The van der Waals surface area contributed by atoms with Crippen LogP contribution in [-0.4, -0.2) is 26.5 Å². The number of benzene rings is 1. The monoisotopic (exact) mass is 304 g/mol. The van der Waals surface area contributed by atoms with Crippen molar-refractivity contribution in [3.63, 3.8) is 0 Å². The van der Waals surface area contributed by atoms with Gasteiger partial charge in [-0.1, -0.05) is 6.92 Å². The highest BCUT2D eigenvalue weighted by Crippen LogP contribution is 2.63. The van der Waals surface area contributed by atoms with Crippen LogP contribution in [-0.2, 0) is 0 Å². The fraction of sp³-hybridized carbons (Fsp3) is 0.667. The van der Waals surface area contributed by atoms with Crippen LogP contribution in [0, 0.1) is 17.3 Å². The summed E-state index contributed by atoms with van der Waals surface area (Å²) >= 11 is 0. The Kier molecular flexibility index (Phi) is 3.01. The van der Waals surface area contributed by atoms with Crippen LogP contribution in [0.5, 0.6) is 11.5 Å². The number of hydrogen-bond donors (Lipinski definition) is 4. The van der Waals surface area contributed by atoms with Gasteiger partial charge in [0.1, 0.15) is 11.5 Å². The molecule has 1 aromatic rings. The number of aromatic hydroxyl groups is 2. The molecule has 1 aromatic carbocycles. The van der Waals surface area contributed by atoms with Crippen LogP contribution in [0.2, 0.25) is 0 Å². The molecule has 2 fully saturated rings. The number of aliphatic hydroxyl groups excluding tert-OH is 2. The molecule has 0 heterocycles. The van der Waals surface area contributed by atoms with E-state index in [0.717, 1.165) is 31.2 Å². The van der Waals surface area contributed by atoms with Crippen molar-refractivity contribution in [3.8, 4) is 11.5 Å². The van der Waals surface area contributed by atoms with Crippen LogP contribution in [0.15, 0.2) is 12.1 Å². The quantitative estimate of drug-likeness (QED) is 0.594. The molecule has 4 N–H and O–H groups in total. The summed E-state index contributed by atoms with van der Waals surface area (Å²) in [5, 5.41) is 41.0. The summed E-state index contributed by atoms with van der Waals surface area (Å²) in [6, 6.07) is 2.97. The fourth-order valence-electron chi connectivity index (χ4n) is 5.66. The third-order valence-electron chi connectivity index (χ3n) is 6.79. The number of phenolic OH excluding ortho intramolecular Hbond substituents is 2. The molecule has 4 rings (SSSR count). The summed E-state index contributed by atoms with van der Waals surface area (Å²) in [7, 11) is 0. The molecule has 3 aliphatic rings. The van der Waals surface area contributed by atoms with Crippen LogP contribution in [0.25, 0.3) is 0 Å². The van der Waals surface area contributed by atoms with Crippen molar-refractivity contribution in [2.24, 2.45) is 17.3 Å². The van der Waals surface area contributed by atoms with Crippen LogP contribution in [0.4, 0.5) is 0 Å². The van der Waals surface area contributed by atoms with Crippen molar-refractivity contribution >= 4 is 0 Å². The molecule has 0 aliphatic heterocycles. The molecule has 0 saturated heterocycles. The zero-order valence-electron chi connectivity index (χ0n) is 12.9. The Morgan fingerprint density at radius 2 is 1.86 bits per heavy atom. The molecule has 0 amide bonds. The second kappa shape index (κ2) is 4.62. The molecule has 0 bridgehead atoms. The molecule has 4 nitrogen and oxygen atoms in total. The topological polar surface area (TPSA) is 80.9 Å². The molecule has 3 aliphatic carbocycles. The minimum Gasteiger partial charge on any atom is -0.508 e. The SMILES string of the molecule is C[C@]12CC[C@@H]3c4c(O)cc(O)cc4C(O)C[C@H]3[C@@H]1CC[C@@H]2O. The van der Waals surface area contributed by atoms with E-state index in [4.69, 9.17) is 0 Å². The molecule has 2 saturated carbocycles. The summed E-state index contributed by atoms with van der Waals surface area (Å²) in [6.07, 6.45) is 3.49. The third-order valence-corrected chi connectivity index (χ3v) is 6.79. The summed E-state index contributed by atoms with van der Waals surface area (Å²) in [5.41, 5.74) is 1.45. The molecule has 0 spiro atoms. The first-order valence-corrected chi connectivity index (χ1v) is 8.33. The van der Waals surface area contributed by atoms with E-state index in [0.29, 0.717) is 23.8 Å². The Bertz CT molecular complexity index is 613. The van der Waals surface area contributed by atoms with Gasteiger partial charge in [-0.15, -0.1) is 0 Å². The maximum absolute atomic E-state index is 10.5. The highest BCUT2D eigenvalue weighted by molar-refractivity contribution is 5.50. The van der Waals surface area contributed by atoms with Crippen LogP contribution in [0.1, 0.15) is 62.2 Å². The lowest BCUT2D eigenvalue weighted by atomic mass is 9.55. The van der Waals surface area contributed by atoms with Gasteiger partial charge in [0.2, 0.25) is 0 Å². The van der Waals surface area contributed by atoms with E-state index in [1.165, 1.54) is 6.07 Å². The van der Waals surface area contributed by atoms with Gasteiger partial charge < -0.3 is 20.4 Å². The number of fused-ring (bicyclic) bond motifs is 5. The molecule has 4 heteroatoms. The normalized spacial score (nSPS) is 43.3. The van der Waals surface area contributed by atoms with E-state index in [9.17, 15) is 20.4 Å². The molecule has 120 valence electrons. The average Bonchev–Trinajstić information content (AvgIpc) is 2.75. The highest BCUT2D eigenvalue weighted by atomic mass is 16.3. The first kappa shape index (κ1) is 14.3. The van der Waals surface area contributed by atoms with E-state index in [-0.39, 0.29) is 28.9 Å². The first-order valence-electron chi connectivity index (χ1n) is 8.33. The van der Waals surface area contributed by atoms with Crippen LogP contribution in [0.3, 0.4) is 0 Å². The summed E-state index contributed by atoms with van der Waals surface area (Å²) in [4.78, 5) is 0. The Morgan fingerprint density at radius 1 is 1.09 bits per heavy atom. The van der Waals surface area contributed by atoms with E-state index in [1.54, 1.807) is 6.07 Å². The van der Waals surface area contributed by atoms with Gasteiger partial charge in [0, 0.05) is 11.6 Å². The standard InChI is InChI=1S/C18H24O4/c1-18-5-4-10-11(13(18)2-3-16(18)22)8-14(20)12-6-9(19)7-15(21)17(10)12/h6-7,10-11,13-14,16,19-22H,2-5,8H2,1H3/t10-,11+,13-,14?,16-,18-/m0/s1. The Labute approximate surface area is 130 Å². The fourth-order valence-corrected chi connectivity index (χ4v) is 5.66. The van der Waals surface area contributed by atoms with Crippen molar-refractivity contribution in [3.05, 3.63) is 23.3 Å². The van der Waals surface area contributed by atoms with E-state index >= 15 is 0 Å². The number of phenols is 2. The second-order valence-electron chi connectivity index (χ2n) is 7.73. The van der Waals surface area contributed by atoms with Crippen molar-refractivity contribution in [2.75, 3.05) is 0 Å². The van der Waals surface area contributed by atoms with Gasteiger partial charge in [-0.2, -0.15) is 0 Å². The predicted octanol–water partition coefficient (Wildman–Crippen LogP) is 2.81. The minimum absolute atomic E-state index is 0.00527.